The van der Waals surface area contributed by atoms with Crippen LogP contribution in [0, 0.1) is 18.3 Å². The van der Waals surface area contributed by atoms with Crippen molar-refractivity contribution in [2.24, 2.45) is 0 Å². The molecule has 6 heteroatoms. The van der Waals surface area contributed by atoms with Crippen molar-refractivity contribution in [2.45, 2.75) is 33.2 Å². The van der Waals surface area contributed by atoms with Crippen molar-refractivity contribution in [3.05, 3.63) is 33.6 Å². The first-order valence-corrected chi connectivity index (χ1v) is 7.83. The van der Waals surface area contributed by atoms with Crippen molar-refractivity contribution in [1.29, 1.82) is 5.26 Å². The van der Waals surface area contributed by atoms with E-state index < -0.39 is 0 Å². The largest absolute Gasteiger partial charge is 0.389 e. The molecule has 21 heavy (non-hydrogen) atoms. The fraction of sp³-hybridized carbons (Fsp3) is 0.400. The molecule has 0 fully saturated rings. The van der Waals surface area contributed by atoms with Gasteiger partial charge in [0.1, 0.15) is 22.7 Å². The zero-order valence-corrected chi connectivity index (χ0v) is 13.0. The Labute approximate surface area is 128 Å². The van der Waals surface area contributed by atoms with Crippen LogP contribution in [0.4, 0.5) is 10.8 Å². The first-order chi connectivity index (χ1) is 10.1. The molecule has 0 unspecified atom stereocenters. The predicted octanol–water partition coefficient (Wildman–Crippen LogP) is 2.43. The maximum absolute atomic E-state index is 9.19. The smallest absolute Gasteiger partial charge is 0.132 e. The van der Waals surface area contributed by atoms with E-state index in [1.807, 2.05) is 6.92 Å². The van der Waals surface area contributed by atoms with Gasteiger partial charge in [-0.3, -0.25) is 0 Å². The highest BCUT2D eigenvalue weighted by Gasteiger charge is 2.24. The Hall–Kier alpha value is -2.13. The topological polar surface area (TPSA) is 78.8 Å². The number of nitrogen functional groups attached to an aromatic ring is 1. The number of hydrogen-bond donors (Lipinski definition) is 1. The fourth-order valence-corrected chi connectivity index (χ4v) is 3.78. The van der Waals surface area contributed by atoms with Gasteiger partial charge in [-0.1, -0.05) is 6.92 Å². The molecule has 0 atom stereocenters. The van der Waals surface area contributed by atoms with Gasteiger partial charge in [-0.25, -0.2) is 9.97 Å². The molecule has 2 N–H and O–H groups in total. The first-order valence-electron chi connectivity index (χ1n) is 7.02. The normalized spacial score (nSPS) is 13.9. The highest BCUT2D eigenvalue weighted by atomic mass is 32.1. The summed E-state index contributed by atoms with van der Waals surface area (Å²) in [6.45, 7) is 5.65. The Balaban J connectivity index is 1.93. The van der Waals surface area contributed by atoms with Crippen LogP contribution in [-0.2, 0) is 19.4 Å². The van der Waals surface area contributed by atoms with Crippen molar-refractivity contribution in [3.63, 3.8) is 0 Å². The molecule has 0 spiro atoms. The average molecular weight is 299 g/mol. The summed E-state index contributed by atoms with van der Waals surface area (Å²) in [7, 11) is 0. The molecule has 0 amide bonds. The van der Waals surface area contributed by atoms with Crippen LogP contribution in [0.1, 0.15) is 34.4 Å². The molecule has 0 bridgehead atoms. The second-order valence-electron chi connectivity index (χ2n) is 5.14. The maximum Gasteiger partial charge on any atom is 0.132 e. The number of fused-ring (bicyclic) bond motifs is 1. The number of nitriles is 1. The lowest BCUT2D eigenvalue weighted by Gasteiger charge is -2.28. The Morgan fingerprint density at radius 1 is 1.48 bits per heavy atom. The third-order valence-electron chi connectivity index (χ3n) is 3.76. The minimum Gasteiger partial charge on any atom is -0.389 e. The van der Waals surface area contributed by atoms with E-state index in [-0.39, 0.29) is 0 Å². The number of aromatic nitrogens is 2. The van der Waals surface area contributed by atoms with Crippen LogP contribution in [0.5, 0.6) is 0 Å². The molecule has 1 aliphatic heterocycles. The molecular formula is C15H17N5S. The van der Waals surface area contributed by atoms with Crippen LogP contribution >= 0.6 is 11.3 Å². The minimum atomic E-state index is 0.637. The van der Waals surface area contributed by atoms with Gasteiger partial charge in [0.25, 0.3) is 0 Å². The SMILES string of the molecule is CCc1cc(N2CCc3c(sc(N)c3C#N)C2)nc(C)n1. The summed E-state index contributed by atoms with van der Waals surface area (Å²) < 4.78 is 0. The summed E-state index contributed by atoms with van der Waals surface area (Å²) >= 11 is 1.52. The summed E-state index contributed by atoms with van der Waals surface area (Å²) in [5, 5.41) is 9.83. The summed E-state index contributed by atoms with van der Waals surface area (Å²) in [5.74, 6) is 1.77. The summed E-state index contributed by atoms with van der Waals surface area (Å²) in [5.41, 5.74) is 8.79. The van der Waals surface area contributed by atoms with Crippen LogP contribution in [0.25, 0.3) is 0 Å². The van der Waals surface area contributed by atoms with Crippen LogP contribution in [-0.4, -0.2) is 16.5 Å². The molecule has 3 heterocycles. The lowest BCUT2D eigenvalue weighted by molar-refractivity contribution is 0.725. The van der Waals surface area contributed by atoms with Gasteiger partial charge in [0.05, 0.1) is 12.1 Å². The lowest BCUT2D eigenvalue weighted by Crippen LogP contribution is -2.30. The Morgan fingerprint density at radius 2 is 2.29 bits per heavy atom. The molecule has 1 aliphatic rings. The van der Waals surface area contributed by atoms with Crippen LogP contribution < -0.4 is 10.6 Å². The highest BCUT2D eigenvalue weighted by molar-refractivity contribution is 7.16. The Morgan fingerprint density at radius 3 is 3.00 bits per heavy atom. The zero-order valence-electron chi connectivity index (χ0n) is 12.2. The number of anilines is 2. The predicted molar refractivity (Wildman–Crippen MR) is 84.3 cm³/mol. The van der Waals surface area contributed by atoms with Crippen molar-refractivity contribution in [1.82, 2.24) is 9.97 Å². The van der Waals surface area contributed by atoms with Crippen molar-refractivity contribution in [2.75, 3.05) is 17.2 Å². The highest BCUT2D eigenvalue weighted by Crippen LogP contribution is 2.35. The molecule has 0 radical (unpaired) electrons. The zero-order chi connectivity index (χ0) is 15.0. The van der Waals surface area contributed by atoms with E-state index in [9.17, 15) is 5.26 Å². The first kappa shape index (κ1) is 13.8. The van der Waals surface area contributed by atoms with Gasteiger partial charge in [-0.05, 0) is 25.3 Å². The third-order valence-corrected chi connectivity index (χ3v) is 4.81. The fourth-order valence-electron chi connectivity index (χ4n) is 2.70. The minimum absolute atomic E-state index is 0.637. The van der Waals surface area contributed by atoms with Crippen LogP contribution in [0.3, 0.4) is 0 Å². The van der Waals surface area contributed by atoms with E-state index in [1.54, 1.807) is 0 Å². The molecule has 5 nitrogen and oxygen atoms in total. The number of rotatable bonds is 2. The molecular weight excluding hydrogens is 282 g/mol. The molecule has 0 saturated heterocycles. The van der Waals surface area contributed by atoms with Crippen LogP contribution in [0.15, 0.2) is 6.07 Å². The van der Waals surface area contributed by atoms with Crippen molar-refractivity contribution in [3.8, 4) is 6.07 Å². The molecule has 3 rings (SSSR count). The average Bonchev–Trinajstić information content (AvgIpc) is 2.80. The maximum atomic E-state index is 9.19. The van der Waals surface area contributed by atoms with Crippen LogP contribution in [0.2, 0.25) is 0 Å². The molecule has 0 saturated carbocycles. The number of nitrogens with zero attached hydrogens (tertiary/aromatic N) is 4. The molecule has 2 aromatic heterocycles. The van der Waals surface area contributed by atoms with E-state index in [4.69, 9.17) is 5.73 Å². The van der Waals surface area contributed by atoms with E-state index in [0.29, 0.717) is 10.6 Å². The second kappa shape index (κ2) is 5.34. The number of thiophene rings is 1. The van der Waals surface area contributed by atoms with Gasteiger partial charge >= 0.3 is 0 Å². The molecule has 0 aliphatic carbocycles. The van der Waals surface area contributed by atoms with Gasteiger partial charge in [0, 0.05) is 23.2 Å². The quantitative estimate of drug-likeness (QED) is 0.921. The van der Waals surface area contributed by atoms with E-state index in [0.717, 1.165) is 48.8 Å². The number of hydrogen-bond acceptors (Lipinski definition) is 6. The van der Waals surface area contributed by atoms with Gasteiger partial charge < -0.3 is 10.6 Å². The van der Waals surface area contributed by atoms with Gasteiger partial charge in [-0.2, -0.15) is 5.26 Å². The van der Waals surface area contributed by atoms with E-state index in [2.05, 4.69) is 33.9 Å². The number of nitrogens with two attached hydrogens (primary N) is 1. The standard InChI is InChI=1S/C15H17N5S/c1-3-10-6-14(19-9(2)18-10)20-5-4-11-12(7-16)15(17)21-13(11)8-20/h6H,3-5,8,17H2,1-2H3. The molecule has 2 aromatic rings. The second-order valence-corrected chi connectivity index (χ2v) is 6.28. The van der Waals surface area contributed by atoms with Crippen molar-refractivity contribution < 1.29 is 0 Å². The van der Waals surface area contributed by atoms with Gasteiger partial charge in [0.2, 0.25) is 0 Å². The summed E-state index contributed by atoms with van der Waals surface area (Å²) in [4.78, 5) is 12.4. The monoisotopic (exact) mass is 299 g/mol. The summed E-state index contributed by atoms with van der Waals surface area (Å²) in [6.07, 6.45) is 1.75. The van der Waals surface area contributed by atoms with Gasteiger partial charge in [-0.15, -0.1) is 11.3 Å². The molecule has 108 valence electrons. The Bertz CT molecular complexity index is 728. The van der Waals surface area contributed by atoms with E-state index in [1.165, 1.54) is 16.2 Å². The Kier molecular flexibility index (Phi) is 3.52. The van der Waals surface area contributed by atoms with Gasteiger partial charge in [0.15, 0.2) is 0 Å². The van der Waals surface area contributed by atoms with E-state index >= 15 is 0 Å². The molecule has 0 aromatic carbocycles. The lowest BCUT2D eigenvalue weighted by atomic mass is 10.0. The summed E-state index contributed by atoms with van der Waals surface area (Å²) in [6, 6.07) is 4.28. The third kappa shape index (κ3) is 2.45. The van der Waals surface area contributed by atoms with Crippen molar-refractivity contribution >= 4 is 22.2 Å². The number of aryl methyl sites for hydroxylation is 2.